The quantitative estimate of drug-likeness (QED) is 0.913. The van der Waals surface area contributed by atoms with Gasteiger partial charge in [0.2, 0.25) is 0 Å². The van der Waals surface area contributed by atoms with Gasteiger partial charge in [-0.25, -0.2) is 9.37 Å². The predicted molar refractivity (Wildman–Crippen MR) is 82.7 cm³/mol. The Morgan fingerprint density at radius 2 is 2.10 bits per heavy atom. The smallest absolute Gasteiger partial charge is 0.125 e. The van der Waals surface area contributed by atoms with Crippen molar-refractivity contribution >= 4 is 11.0 Å². The Bertz CT molecular complexity index is 599. The van der Waals surface area contributed by atoms with Crippen molar-refractivity contribution in [2.45, 2.75) is 26.3 Å². The third-order valence-corrected chi connectivity index (χ3v) is 4.14. The van der Waals surface area contributed by atoms with Gasteiger partial charge in [0.1, 0.15) is 11.6 Å². The molecule has 1 aliphatic heterocycles. The molecule has 5 heteroatoms. The molecule has 114 valence electrons. The molecule has 21 heavy (non-hydrogen) atoms. The van der Waals surface area contributed by atoms with Crippen LogP contribution in [0.5, 0.6) is 0 Å². The number of aromatic nitrogens is 2. The molecule has 0 aliphatic carbocycles. The molecular weight excluding hydrogens is 267 g/mol. The molecule has 3 rings (SSSR count). The number of nitrogens with one attached hydrogen (secondary N) is 2. The Labute approximate surface area is 124 Å². The second-order valence-corrected chi connectivity index (χ2v) is 6.11. The molecule has 0 radical (unpaired) electrons. The van der Waals surface area contributed by atoms with E-state index in [1.165, 1.54) is 12.1 Å². The van der Waals surface area contributed by atoms with Crippen LogP contribution in [0.4, 0.5) is 4.39 Å². The van der Waals surface area contributed by atoms with Crippen LogP contribution in [-0.2, 0) is 0 Å². The van der Waals surface area contributed by atoms with E-state index in [9.17, 15) is 4.39 Å². The molecule has 2 N–H and O–H groups in total. The summed E-state index contributed by atoms with van der Waals surface area (Å²) in [6, 6.07) is 4.98. The minimum atomic E-state index is -0.224. The molecule has 1 fully saturated rings. The zero-order valence-corrected chi connectivity index (χ0v) is 12.7. The van der Waals surface area contributed by atoms with Crippen LogP contribution >= 0.6 is 0 Å². The van der Waals surface area contributed by atoms with E-state index in [-0.39, 0.29) is 11.9 Å². The van der Waals surface area contributed by atoms with E-state index in [0.29, 0.717) is 5.92 Å². The van der Waals surface area contributed by atoms with Crippen LogP contribution in [0.25, 0.3) is 11.0 Å². The van der Waals surface area contributed by atoms with Crippen LogP contribution in [0.1, 0.15) is 32.1 Å². The minimum Gasteiger partial charge on any atom is -0.341 e. The van der Waals surface area contributed by atoms with Gasteiger partial charge in [-0.1, -0.05) is 13.8 Å². The van der Waals surface area contributed by atoms with Crippen LogP contribution in [0.2, 0.25) is 0 Å². The maximum absolute atomic E-state index is 13.3. The first-order valence-electron chi connectivity index (χ1n) is 7.75. The van der Waals surface area contributed by atoms with Gasteiger partial charge in [0.15, 0.2) is 0 Å². The lowest BCUT2D eigenvalue weighted by atomic mass is 10.0. The molecule has 0 amide bonds. The summed E-state index contributed by atoms with van der Waals surface area (Å²) in [7, 11) is 0. The molecule has 0 bridgehead atoms. The normalized spacial score (nSPS) is 19.0. The summed E-state index contributed by atoms with van der Waals surface area (Å²) in [5.74, 6) is 1.18. The summed E-state index contributed by atoms with van der Waals surface area (Å²) in [4.78, 5) is 10.5. The van der Waals surface area contributed by atoms with Crippen molar-refractivity contribution < 1.29 is 4.39 Å². The van der Waals surface area contributed by atoms with Gasteiger partial charge in [-0.2, -0.15) is 0 Å². The van der Waals surface area contributed by atoms with Crippen LogP contribution in [-0.4, -0.2) is 41.0 Å². The van der Waals surface area contributed by atoms with Crippen LogP contribution < -0.4 is 5.32 Å². The van der Waals surface area contributed by atoms with Crippen molar-refractivity contribution in [3.05, 3.63) is 29.8 Å². The lowest BCUT2D eigenvalue weighted by Crippen LogP contribution is -2.35. The molecule has 0 spiro atoms. The van der Waals surface area contributed by atoms with Gasteiger partial charge in [0.25, 0.3) is 0 Å². The van der Waals surface area contributed by atoms with Crippen molar-refractivity contribution in [1.29, 1.82) is 0 Å². The van der Waals surface area contributed by atoms with Crippen LogP contribution in [0.3, 0.4) is 0 Å². The Morgan fingerprint density at radius 1 is 1.24 bits per heavy atom. The average molecular weight is 290 g/mol. The van der Waals surface area contributed by atoms with Crippen LogP contribution in [0.15, 0.2) is 18.2 Å². The first-order chi connectivity index (χ1) is 10.1. The highest BCUT2D eigenvalue weighted by Crippen LogP contribution is 2.28. The van der Waals surface area contributed by atoms with Crippen molar-refractivity contribution in [3.8, 4) is 0 Å². The summed E-state index contributed by atoms with van der Waals surface area (Å²) in [6.07, 6.45) is 1.15. The molecule has 1 aromatic carbocycles. The van der Waals surface area contributed by atoms with Gasteiger partial charge < -0.3 is 10.3 Å². The maximum atomic E-state index is 13.3. The van der Waals surface area contributed by atoms with Gasteiger partial charge in [0, 0.05) is 19.6 Å². The first kappa shape index (κ1) is 14.5. The number of benzene rings is 1. The third-order valence-electron chi connectivity index (χ3n) is 4.14. The van der Waals surface area contributed by atoms with Gasteiger partial charge in [-0.3, -0.25) is 4.90 Å². The number of aromatic amines is 1. The van der Waals surface area contributed by atoms with Gasteiger partial charge >= 0.3 is 0 Å². The van der Waals surface area contributed by atoms with E-state index in [2.05, 4.69) is 29.0 Å². The highest BCUT2D eigenvalue weighted by molar-refractivity contribution is 5.75. The topological polar surface area (TPSA) is 44.0 Å². The lowest BCUT2D eigenvalue weighted by molar-refractivity contribution is 0.159. The van der Waals surface area contributed by atoms with E-state index in [1.54, 1.807) is 6.07 Å². The fraction of sp³-hybridized carbons (Fsp3) is 0.562. The van der Waals surface area contributed by atoms with E-state index in [1.807, 2.05) is 0 Å². The number of nitrogens with zero attached hydrogens (tertiary/aromatic N) is 2. The molecule has 1 unspecified atom stereocenters. The standard InChI is InChI=1S/C16H23FN4/c1-11(2)15(21-8-3-6-18-7-9-21)16-19-13-5-4-12(17)10-14(13)20-16/h4-5,10-11,15,18H,3,6-9H2,1-2H3,(H,19,20). The summed E-state index contributed by atoms with van der Waals surface area (Å²) in [6.45, 7) is 8.62. The van der Waals surface area contributed by atoms with E-state index < -0.39 is 0 Å². The summed E-state index contributed by atoms with van der Waals surface area (Å²) in [5.41, 5.74) is 1.62. The zero-order chi connectivity index (χ0) is 14.8. The van der Waals surface area contributed by atoms with Gasteiger partial charge in [0.05, 0.1) is 17.1 Å². The van der Waals surface area contributed by atoms with Crippen molar-refractivity contribution in [2.24, 2.45) is 5.92 Å². The molecule has 1 atom stereocenters. The number of hydrogen-bond donors (Lipinski definition) is 2. The Balaban J connectivity index is 1.94. The molecule has 1 aromatic heterocycles. The Morgan fingerprint density at radius 3 is 2.90 bits per heavy atom. The molecule has 2 heterocycles. The monoisotopic (exact) mass is 290 g/mol. The molecular formula is C16H23FN4. The summed E-state index contributed by atoms with van der Waals surface area (Å²) >= 11 is 0. The van der Waals surface area contributed by atoms with Crippen molar-refractivity contribution in [3.63, 3.8) is 0 Å². The number of hydrogen-bond acceptors (Lipinski definition) is 3. The largest absolute Gasteiger partial charge is 0.341 e. The Hall–Kier alpha value is -1.46. The molecule has 0 saturated carbocycles. The number of rotatable bonds is 3. The Kier molecular flexibility index (Phi) is 4.22. The average Bonchev–Trinajstić information content (AvgIpc) is 2.66. The maximum Gasteiger partial charge on any atom is 0.125 e. The van der Waals surface area contributed by atoms with E-state index in [4.69, 9.17) is 4.98 Å². The number of halogens is 1. The molecule has 1 aliphatic rings. The minimum absolute atomic E-state index is 0.224. The predicted octanol–water partition coefficient (Wildman–Crippen LogP) is 2.69. The van der Waals surface area contributed by atoms with E-state index in [0.717, 1.165) is 49.5 Å². The zero-order valence-electron chi connectivity index (χ0n) is 12.7. The molecule has 4 nitrogen and oxygen atoms in total. The number of fused-ring (bicyclic) bond motifs is 1. The SMILES string of the molecule is CC(C)C(c1nc2ccc(F)cc2[nH]1)N1CCCNCC1. The number of imidazole rings is 1. The fourth-order valence-corrected chi connectivity index (χ4v) is 3.20. The second kappa shape index (κ2) is 6.12. The van der Waals surface area contributed by atoms with Crippen molar-refractivity contribution in [2.75, 3.05) is 26.2 Å². The summed E-state index contributed by atoms with van der Waals surface area (Å²) in [5, 5.41) is 3.43. The fourth-order valence-electron chi connectivity index (χ4n) is 3.20. The van der Waals surface area contributed by atoms with Crippen LogP contribution in [0, 0.1) is 11.7 Å². The second-order valence-electron chi connectivity index (χ2n) is 6.11. The highest BCUT2D eigenvalue weighted by Gasteiger charge is 2.27. The molecule has 1 saturated heterocycles. The number of H-pyrrole nitrogens is 1. The highest BCUT2D eigenvalue weighted by atomic mass is 19.1. The van der Waals surface area contributed by atoms with Gasteiger partial charge in [-0.05, 0) is 37.1 Å². The third kappa shape index (κ3) is 3.09. The summed E-state index contributed by atoms with van der Waals surface area (Å²) < 4.78 is 13.3. The lowest BCUT2D eigenvalue weighted by Gasteiger charge is -2.31. The first-order valence-corrected chi connectivity index (χ1v) is 7.75. The van der Waals surface area contributed by atoms with Crippen molar-refractivity contribution in [1.82, 2.24) is 20.2 Å². The van der Waals surface area contributed by atoms with Gasteiger partial charge in [-0.15, -0.1) is 0 Å². The van der Waals surface area contributed by atoms with E-state index >= 15 is 0 Å². The molecule has 2 aromatic rings.